The first-order valence-corrected chi connectivity index (χ1v) is 14.0. The second-order valence-corrected chi connectivity index (χ2v) is 11.3. The van der Waals surface area contributed by atoms with Gasteiger partial charge >= 0.3 is 6.09 Å². The summed E-state index contributed by atoms with van der Waals surface area (Å²) in [5.74, 6) is 0.159. The van der Waals surface area contributed by atoms with Gasteiger partial charge in [-0.05, 0) is 93.3 Å². The number of aromatic amines is 1. The monoisotopic (exact) mass is 540 g/mol. The van der Waals surface area contributed by atoms with Crippen LogP contribution in [0.4, 0.5) is 4.79 Å². The molecule has 7 nitrogen and oxygen atoms in total. The summed E-state index contributed by atoms with van der Waals surface area (Å²) >= 11 is 6.32. The van der Waals surface area contributed by atoms with Crippen molar-refractivity contribution in [3.8, 4) is 5.75 Å². The summed E-state index contributed by atoms with van der Waals surface area (Å²) < 4.78 is 17.0. The molecule has 0 bridgehead atoms. The number of ether oxygens (including phenoxy) is 3. The summed E-state index contributed by atoms with van der Waals surface area (Å²) in [4.78, 5) is 18.7. The predicted molar refractivity (Wildman–Crippen MR) is 148 cm³/mol. The fourth-order valence-electron chi connectivity index (χ4n) is 5.20. The van der Waals surface area contributed by atoms with Crippen molar-refractivity contribution in [2.24, 2.45) is 5.92 Å². The van der Waals surface area contributed by atoms with Crippen LogP contribution in [0, 0.1) is 5.92 Å². The molecule has 2 aliphatic rings. The van der Waals surface area contributed by atoms with Crippen LogP contribution in [0.2, 0.25) is 5.02 Å². The van der Waals surface area contributed by atoms with E-state index < -0.39 is 5.79 Å². The van der Waals surface area contributed by atoms with E-state index in [4.69, 9.17) is 25.8 Å². The number of aliphatic hydroxyl groups is 1. The molecule has 1 aromatic heterocycles. The fourth-order valence-corrected chi connectivity index (χ4v) is 5.37. The molecule has 1 aliphatic heterocycles. The van der Waals surface area contributed by atoms with Crippen molar-refractivity contribution in [3.63, 3.8) is 0 Å². The summed E-state index contributed by atoms with van der Waals surface area (Å²) in [7, 11) is 0. The molecule has 5 rings (SSSR count). The normalized spacial score (nSPS) is 17.8. The molecule has 0 spiro atoms. The van der Waals surface area contributed by atoms with E-state index in [9.17, 15) is 9.90 Å². The van der Waals surface area contributed by atoms with Crippen LogP contribution in [0.25, 0.3) is 10.9 Å². The van der Waals surface area contributed by atoms with E-state index in [0.29, 0.717) is 37.3 Å². The predicted octanol–water partition coefficient (Wildman–Crippen LogP) is 6.61. The third kappa shape index (κ3) is 6.28. The molecule has 3 aromatic rings. The standard InChI is InChI=1S/C30H37ClN2O5/c1-30(2,35)38-17-4-3-16-36-23-11-8-21(9-12-23)28-27-24(25-18-22(31)10-13-26(25)32-27)14-15-33(28)29(34)37-19-20-6-5-7-20/h8-13,18,20,28,32,35H,3-7,14-17,19H2,1-2H3/t28-/m0/s1. The van der Waals surface area contributed by atoms with Crippen molar-refractivity contribution in [1.82, 2.24) is 9.88 Å². The number of nitrogens with zero attached hydrogens (tertiary/aromatic N) is 1. The Morgan fingerprint density at radius 3 is 2.61 bits per heavy atom. The van der Waals surface area contributed by atoms with Gasteiger partial charge in [0.1, 0.15) is 11.8 Å². The molecule has 0 unspecified atom stereocenters. The number of aromatic nitrogens is 1. The Labute approximate surface area is 229 Å². The smallest absolute Gasteiger partial charge is 0.410 e. The Bertz CT molecular complexity index is 1250. The summed E-state index contributed by atoms with van der Waals surface area (Å²) in [6.45, 7) is 5.36. The number of halogens is 1. The van der Waals surface area contributed by atoms with Crippen LogP contribution in [-0.4, -0.2) is 53.2 Å². The zero-order valence-corrected chi connectivity index (χ0v) is 22.9. The number of amides is 1. The molecule has 1 fully saturated rings. The molecule has 38 heavy (non-hydrogen) atoms. The SMILES string of the molecule is CC(C)(O)OCCCCOc1ccc([C@H]2c3[nH]c4ccc(Cl)cc4c3CCN2C(=O)OCC2CCC2)cc1. The quantitative estimate of drug-likeness (QED) is 0.223. The van der Waals surface area contributed by atoms with Crippen molar-refractivity contribution in [2.75, 3.05) is 26.4 Å². The van der Waals surface area contributed by atoms with Gasteiger partial charge in [-0.3, -0.25) is 4.90 Å². The maximum Gasteiger partial charge on any atom is 0.410 e. The Morgan fingerprint density at radius 2 is 1.89 bits per heavy atom. The van der Waals surface area contributed by atoms with Gasteiger partial charge in [0.05, 0.1) is 19.8 Å². The van der Waals surface area contributed by atoms with Crippen LogP contribution in [0.5, 0.6) is 5.75 Å². The van der Waals surface area contributed by atoms with Gasteiger partial charge in [0.2, 0.25) is 0 Å². The highest BCUT2D eigenvalue weighted by Crippen LogP contribution is 2.40. The van der Waals surface area contributed by atoms with Crippen LogP contribution >= 0.6 is 11.6 Å². The lowest BCUT2D eigenvalue weighted by molar-refractivity contribution is -0.176. The van der Waals surface area contributed by atoms with E-state index in [1.165, 1.54) is 12.0 Å². The Balaban J connectivity index is 1.31. The zero-order valence-electron chi connectivity index (χ0n) is 22.2. The molecule has 204 valence electrons. The van der Waals surface area contributed by atoms with Gasteiger partial charge in [-0.1, -0.05) is 30.2 Å². The van der Waals surface area contributed by atoms with Crippen molar-refractivity contribution >= 4 is 28.6 Å². The molecule has 0 radical (unpaired) electrons. The Kier molecular flexibility index (Phi) is 8.17. The summed E-state index contributed by atoms with van der Waals surface area (Å²) in [5.41, 5.74) is 4.22. The number of carbonyl (C=O) groups is 1. The minimum absolute atomic E-state index is 0.266. The van der Waals surface area contributed by atoms with Crippen molar-refractivity contribution < 1.29 is 24.1 Å². The molecule has 0 saturated heterocycles. The van der Waals surface area contributed by atoms with Crippen LogP contribution in [-0.2, 0) is 15.9 Å². The lowest BCUT2D eigenvalue weighted by atomic mass is 9.86. The van der Waals surface area contributed by atoms with E-state index in [0.717, 1.165) is 60.0 Å². The second-order valence-electron chi connectivity index (χ2n) is 10.8. The van der Waals surface area contributed by atoms with Crippen LogP contribution in [0.1, 0.15) is 68.8 Å². The number of hydrogen-bond acceptors (Lipinski definition) is 5. The molecular weight excluding hydrogens is 504 g/mol. The van der Waals surface area contributed by atoms with Gasteiger partial charge in [0, 0.05) is 28.2 Å². The first kappa shape index (κ1) is 26.9. The molecular formula is C30H37ClN2O5. The van der Waals surface area contributed by atoms with E-state index in [-0.39, 0.29) is 12.1 Å². The average molecular weight is 541 g/mol. The number of unbranched alkanes of at least 4 members (excludes halogenated alkanes) is 1. The Hall–Kier alpha value is -2.74. The molecule has 1 amide bonds. The minimum atomic E-state index is -1.11. The highest BCUT2D eigenvalue weighted by atomic mass is 35.5. The van der Waals surface area contributed by atoms with Crippen molar-refractivity contribution in [1.29, 1.82) is 0 Å². The summed E-state index contributed by atoms with van der Waals surface area (Å²) in [6.07, 6.45) is 5.59. The molecule has 8 heteroatoms. The van der Waals surface area contributed by atoms with Gasteiger partial charge in [0.15, 0.2) is 5.79 Å². The highest BCUT2D eigenvalue weighted by molar-refractivity contribution is 6.31. The molecule has 2 N–H and O–H groups in total. The number of carbonyl (C=O) groups excluding carboxylic acids is 1. The van der Waals surface area contributed by atoms with E-state index in [1.54, 1.807) is 13.8 Å². The Morgan fingerprint density at radius 1 is 1.13 bits per heavy atom. The number of benzene rings is 2. The van der Waals surface area contributed by atoms with E-state index in [2.05, 4.69) is 4.98 Å². The molecule has 1 atom stereocenters. The molecule has 2 aromatic carbocycles. The van der Waals surface area contributed by atoms with Crippen LogP contribution < -0.4 is 4.74 Å². The minimum Gasteiger partial charge on any atom is -0.494 e. The first-order valence-electron chi connectivity index (χ1n) is 13.6. The molecule has 2 heterocycles. The van der Waals surface area contributed by atoms with Gasteiger partial charge in [0.25, 0.3) is 0 Å². The number of fused-ring (bicyclic) bond motifs is 3. The first-order chi connectivity index (χ1) is 18.3. The fraction of sp³-hybridized carbons (Fsp3) is 0.500. The summed E-state index contributed by atoms with van der Waals surface area (Å²) in [5, 5.41) is 11.4. The van der Waals surface area contributed by atoms with Gasteiger partial charge in [-0.2, -0.15) is 0 Å². The number of H-pyrrole nitrogens is 1. The van der Waals surface area contributed by atoms with E-state index >= 15 is 0 Å². The topological polar surface area (TPSA) is 84.0 Å². The number of rotatable bonds is 10. The zero-order chi connectivity index (χ0) is 26.7. The van der Waals surface area contributed by atoms with Crippen molar-refractivity contribution in [2.45, 2.75) is 64.2 Å². The third-order valence-corrected chi connectivity index (χ3v) is 7.68. The van der Waals surface area contributed by atoms with Gasteiger partial charge < -0.3 is 24.3 Å². The maximum absolute atomic E-state index is 13.3. The van der Waals surface area contributed by atoms with Crippen LogP contribution in [0.3, 0.4) is 0 Å². The molecule has 1 saturated carbocycles. The number of hydrogen-bond donors (Lipinski definition) is 2. The summed E-state index contributed by atoms with van der Waals surface area (Å²) in [6, 6.07) is 13.5. The van der Waals surface area contributed by atoms with Crippen LogP contribution in [0.15, 0.2) is 42.5 Å². The lowest BCUT2D eigenvalue weighted by Gasteiger charge is -2.36. The average Bonchev–Trinajstić information content (AvgIpc) is 3.22. The van der Waals surface area contributed by atoms with E-state index in [1.807, 2.05) is 47.4 Å². The third-order valence-electron chi connectivity index (χ3n) is 7.45. The number of nitrogens with one attached hydrogen (secondary N) is 1. The maximum atomic E-state index is 13.3. The van der Waals surface area contributed by atoms with Crippen molar-refractivity contribution in [3.05, 3.63) is 64.3 Å². The second kappa shape index (κ2) is 11.6. The lowest BCUT2D eigenvalue weighted by Crippen LogP contribution is -2.41. The highest BCUT2D eigenvalue weighted by Gasteiger charge is 2.36. The largest absolute Gasteiger partial charge is 0.494 e. The van der Waals surface area contributed by atoms with Gasteiger partial charge in [-0.15, -0.1) is 0 Å². The molecule has 1 aliphatic carbocycles. The van der Waals surface area contributed by atoms with Gasteiger partial charge in [-0.25, -0.2) is 4.79 Å².